The molecule has 3 nitrogen and oxygen atoms in total. The molecule has 0 aromatic heterocycles. The number of benzene rings is 1. The Bertz CT molecular complexity index is 343. The van der Waals surface area contributed by atoms with Crippen LogP contribution in [0.1, 0.15) is 19.3 Å². The van der Waals surface area contributed by atoms with E-state index in [9.17, 15) is 4.79 Å². The van der Waals surface area contributed by atoms with Gasteiger partial charge in [0.15, 0.2) is 0 Å². The van der Waals surface area contributed by atoms with Gasteiger partial charge in [-0.1, -0.05) is 18.2 Å². The van der Waals surface area contributed by atoms with Crippen LogP contribution in [0.4, 0.5) is 0 Å². The third-order valence-corrected chi connectivity index (χ3v) is 2.91. The van der Waals surface area contributed by atoms with Crippen molar-refractivity contribution in [1.82, 2.24) is 4.90 Å². The van der Waals surface area contributed by atoms with Crippen molar-refractivity contribution in [3.05, 3.63) is 30.3 Å². The van der Waals surface area contributed by atoms with E-state index < -0.39 is 0 Å². The second-order valence-electron chi connectivity index (χ2n) is 4.12. The second kappa shape index (κ2) is 8.81. The van der Waals surface area contributed by atoms with E-state index in [1.165, 1.54) is 0 Å². The molecule has 0 atom stereocenters. The van der Waals surface area contributed by atoms with Crippen molar-refractivity contribution in [3.8, 4) is 5.75 Å². The molecule has 0 aliphatic rings. The van der Waals surface area contributed by atoms with Crippen molar-refractivity contribution in [3.63, 3.8) is 0 Å². The van der Waals surface area contributed by atoms with Crippen LogP contribution < -0.4 is 4.74 Å². The molecule has 0 heterocycles. The molecule has 0 spiro atoms. The summed E-state index contributed by atoms with van der Waals surface area (Å²) in [6.45, 7) is 1.12. The summed E-state index contributed by atoms with van der Waals surface area (Å²) in [7, 11) is 1.80. The van der Waals surface area contributed by atoms with E-state index in [4.69, 9.17) is 16.3 Å². The van der Waals surface area contributed by atoms with Crippen molar-refractivity contribution in [2.75, 3.05) is 26.1 Å². The normalized spacial score (nSPS) is 10.1. The Balaban J connectivity index is 2.16. The van der Waals surface area contributed by atoms with Gasteiger partial charge in [0.2, 0.25) is 5.91 Å². The number of nitrogens with zero attached hydrogens (tertiary/aromatic N) is 1. The summed E-state index contributed by atoms with van der Waals surface area (Å²) >= 11 is 5.57. The molecule has 4 heteroatoms. The molecule has 1 aromatic rings. The second-order valence-corrected chi connectivity index (χ2v) is 4.50. The Kier molecular flexibility index (Phi) is 7.26. The Morgan fingerprint density at radius 3 is 2.67 bits per heavy atom. The number of para-hydroxylation sites is 1. The average Bonchev–Trinajstić information content (AvgIpc) is 2.40. The maximum Gasteiger partial charge on any atom is 0.222 e. The highest BCUT2D eigenvalue weighted by atomic mass is 35.5. The summed E-state index contributed by atoms with van der Waals surface area (Å²) in [5.41, 5.74) is 0. The molecule has 1 aromatic carbocycles. The SMILES string of the molecule is CN(CCOc1ccccc1)C(=O)CCCCCl. The lowest BCUT2D eigenvalue weighted by molar-refractivity contribution is -0.130. The number of carbonyl (C=O) groups excluding carboxylic acids is 1. The number of rotatable bonds is 8. The lowest BCUT2D eigenvalue weighted by atomic mass is 10.2. The van der Waals surface area contributed by atoms with Gasteiger partial charge in [-0.15, -0.1) is 11.6 Å². The van der Waals surface area contributed by atoms with E-state index in [1.54, 1.807) is 11.9 Å². The number of halogens is 1. The predicted octanol–water partition coefficient (Wildman–Crippen LogP) is 2.93. The first-order valence-electron chi connectivity index (χ1n) is 6.22. The summed E-state index contributed by atoms with van der Waals surface area (Å²) in [6, 6.07) is 9.61. The summed E-state index contributed by atoms with van der Waals surface area (Å²) in [5, 5.41) is 0. The largest absolute Gasteiger partial charge is 0.492 e. The van der Waals surface area contributed by atoms with Gasteiger partial charge in [-0.25, -0.2) is 0 Å². The summed E-state index contributed by atoms with van der Waals surface area (Å²) in [4.78, 5) is 13.4. The number of unbranched alkanes of at least 4 members (excludes halogenated alkanes) is 1. The average molecular weight is 270 g/mol. The molecule has 1 amide bonds. The zero-order valence-electron chi connectivity index (χ0n) is 10.8. The van der Waals surface area contributed by atoms with Crippen LogP contribution in [-0.2, 0) is 4.79 Å². The molecule has 0 unspecified atom stereocenters. The lowest BCUT2D eigenvalue weighted by Crippen LogP contribution is -2.30. The molecule has 18 heavy (non-hydrogen) atoms. The Labute approximate surface area is 114 Å². The Morgan fingerprint density at radius 2 is 2.00 bits per heavy atom. The molecular weight excluding hydrogens is 250 g/mol. The highest BCUT2D eigenvalue weighted by molar-refractivity contribution is 6.17. The predicted molar refractivity (Wildman–Crippen MR) is 74.1 cm³/mol. The topological polar surface area (TPSA) is 29.5 Å². The van der Waals surface area contributed by atoms with Crippen LogP contribution in [0.25, 0.3) is 0 Å². The Morgan fingerprint density at radius 1 is 1.28 bits per heavy atom. The van der Waals surface area contributed by atoms with Gasteiger partial charge in [0.05, 0.1) is 6.54 Å². The number of hydrogen-bond donors (Lipinski definition) is 0. The zero-order valence-corrected chi connectivity index (χ0v) is 11.5. The smallest absolute Gasteiger partial charge is 0.222 e. The molecule has 0 fully saturated rings. The maximum atomic E-state index is 11.7. The van der Waals surface area contributed by atoms with Crippen LogP contribution >= 0.6 is 11.6 Å². The molecule has 100 valence electrons. The minimum atomic E-state index is 0.150. The number of amides is 1. The third-order valence-electron chi connectivity index (χ3n) is 2.64. The minimum Gasteiger partial charge on any atom is -0.492 e. The lowest BCUT2D eigenvalue weighted by Gasteiger charge is -2.17. The van der Waals surface area contributed by atoms with E-state index in [2.05, 4.69) is 0 Å². The van der Waals surface area contributed by atoms with Crippen LogP contribution in [0.5, 0.6) is 5.75 Å². The van der Waals surface area contributed by atoms with Crippen LogP contribution in [0, 0.1) is 0 Å². The van der Waals surface area contributed by atoms with Gasteiger partial charge in [0.25, 0.3) is 0 Å². The van der Waals surface area contributed by atoms with Gasteiger partial charge >= 0.3 is 0 Å². The number of ether oxygens (including phenoxy) is 1. The van der Waals surface area contributed by atoms with Gasteiger partial charge < -0.3 is 9.64 Å². The summed E-state index contributed by atoms with van der Waals surface area (Å²) in [6.07, 6.45) is 2.31. The minimum absolute atomic E-state index is 0.150. The Hall–Kier alpha value is -1.22. The van der Waals surface area contributed by atoms with E-state index in [1.807, 2.05) is 30.3 Å². The van der Waals surface area contributed by atoms with Crippen LogP contribution in [0.15, 0.2) is 30.3 Å². The molecule has 0 aliphatic heterocycles. The summed E-state index contributed by atoms with van der Waals surface area (Å²) < 4.78 is 5.54. The summed E-state index contributed by atoms with van der Waals surface area (Å²) in [5.74, 6) is 1.60. The third kappa shape index (κ3) is 5.92. The number of hydrogen-bond acceptors (Lipinski definition) is 2. The number of likely N-dealkylation sites (N-methyl/N-ethyl adjacent to an activating group) is 1. The molecule has 0 radical (unpaired) electrons. The zero-order chi connectivity index (χ0) is 13.2. The molecule has 0 aliphatic carbocycles. The molecule has 0 saturated carbocycles. The highest BCUT2D eigenvalue weighted by Crippen LogP contribution is 2.08. The molecule has 0 N–H and O–H groups in total. The van der Waals surface area contributed by atoms with Crippen molar-refractivity contribution in [2.45, 2.75) is 19.3 Å². The first-order chi connectivity index (χ1) is 8.74. The fraction of sp³-hybridized carbons (Fsp3) is 0.500. The van der Waals surface area contributed by atoms with Gasteiger partial charge in [0, 0.05) is 19.3 Å². The fourth-order valence-electron chi connectivity index (χ4n) is 1.50. The highest BCUT2D eigenvalue weighted by Gasteiger charge is 2.07. The monoisotopic (exact) mass is 269 g/mol. The van der Waals surface area contributed by atoms with Crippen LogP contribution in [-0.4, -0.2) is 36.9 Å². The van der Waals surface area contributed by atoms with Gasteiger partial charge in [0.1, 0.15) is 12.4 Å². The van der Waals surface area contributed by atoms with Crippen LogP contribution in [0.3, 0.4) is 0 Å². The fourth-order valence-corrected chi connectivity index (χ4v) is 1.69. The van der Waals surface area contributed by atoms with Gasteiger partial charge in [-0.3, -0.25) is 4.79 Å². The van der Waals surface area contributed by atoms with E-state index >= 15 is 0 Å². The van der Waals surface area contributed by atoms with Gasteiger partial charge in [-0.05, 0) is 25.0 Å². The first kappa shape index (κ1) is 14.8. The van der Waals surface area contributed by atoms with E-state index in [-0.39, 0.29) is 5.91 Å². The van der Waals surface area contributed by atoms with E-state index in [0.717, 1.165) is 18.6 Å². The maximum absolute atomic E-state index is 11.7. The quantitative estimate of drug-likeness (QED) is 0.536. The van der Waals surface area contributed by atoms with Crippen molar-refractivity contribution >= 4 is 17.5 Å². The van der Waals surface area contributed by atoms with Crippen LogP contribution in [0.2, 0.25) is 0 Å². The standard InChI is InChI=1S/C14H20ClNO2/c1-16(14(17)9-5-6-10-15)11-12-18-13-7-3-2-4-8-13/h2-4,7-8H,5-6,9-12H2,1H3. The van der Waals surface area contributed by atoms with Gasteiger partial charge in [-0.2, -0.15) is 0 Å². The first-order valence-corrected chi connectivity index (χ1v) is 6.75. The molecular formula is C14H20ClNO2. The van der Waals surface area contributed by atoms with E-state index in [0.29, 0.717) is 25.5 Å². The molecule has 1 rings (SSSR count). The van der Waals surface area contributed by atoms with Crippen molar-refractivity contribution < 1.29 is 9.53 Å². The molecule has 0 saturated heterocycles. The number of alkyl halides is 1. The number of carbonyl (C=O) groups is 1. The van der Waals surface area contributed by atoms with Crippen molar-refractivity contribution in [1.29, 1.82) is 0 Å². The molecule has 0 bridgehead atoms. The van der Waals surface area contributed by atoms with Crippen molar-refractivity contribution in [2.24, 2.45) is 0 Å².